The fourth-order valence-corrected chi connectivity index (χ4v) is 4.50. The van der Waals surface area contributed by atoms with Gasteiger partial charge in [-0.1, -0.05) is 6.92 Å². The van der Waals surface area contributed by atoms with Crippen LogP contribution in [0.1, 0.15) is 18.2 Å². The van der Waals surface area contributed by atoms with Gasteiger partial charge in [-0.15, -0.1) is 0 Å². The van der Waals surface area contributed by atoms with Crippen molar-refractivity contribution in [1.82, 2.24) is 25.0 Å². The van der Waals surface area contributed by atoms with E-state index in [1.165, 1.54) is 11.5 Å². The molecule has 8 nitrogen and oxygen atoms in total. The normalized spacial score (nSPS) is 21.9. The third-order valence-corrected chi connectivity index (χ3v) is 6.27. The topological polar surface area (TPSA) is 95.1 Å². The summed E-state index contributed by atoms with van der Waals surface area (Å²) in [6, 6.07) is 1.93. The van der Waals surface area contributed by atoms with E-state index in [9.17, 15) is 13.6 Å². The monoisotopic (exact) mass is 437 g/mol. The predicted octanol–water partition coefficient (Wildman–Crippen LogP) is 2.09. The Bertz CT molecular complexity index is 945. The van der Waals surface area contributed by atoms with Gasteiger partial charge in [0.05, 0.1) is 12.2 Å². The quantitative estimate of drug-likeness (QED) is 0.637. The average Bonchev–Trinajstić information content (AvgIpc) is 3.23. The number of anilines is 3. The molecule has 4 rings (SSSR count). The van der Waals surface area contributed by atoms with Gasteiger partial charge in [0.25, 0.3) is 5.92 Å². The Morgan fingerprint density at radius 2 is 2.17 bits per heavy atom. The molecule has 2 saturated heterocycles. The van der Waals surface area contributed by atoms with Crippen molar-refractivity contribution < 1.29 is 13.6 Å². The van der Waals surface area contributed by atoms with Crippen molar-refractivity contribution in [2.24, 2.45) is 11.3 Å². The van der Waals surface area contributed by atoms with Gasteiger partial charge in [0.2, 0.25) is 11.9 Å². The molecule has 0 bridgehead atoms. The van der Waals surface area contributed by atoms with Crippen LogP contribution in [0, 0.1) is 25.2 Å². The maximum absolute atomic E-state index is 13.7. The van der Waals surface area contributed by atoms with Gasteiger partial charge in [-0.2, -0.15) is 9.36 Å². The Balaban J connectivity index is 1.35. The van der Waals surface area contributed by atoms with Crippen LogP contribution < -0.4 is 20.9 Å². The highest BCUT2D eigenvalue weighted by Crippen LogP contribution is 2.35. The largest absolute Gasteiger partial charge is 0.355 e. The zero-order valence-electron chi connectivity index (χ0n) is 17.1. The van der Waals surface area contributed by atoms with E-state index in [4.69, 9.17) is 0 Å². The second-order valence-corrected chi connectivity index (χ2v) is 9.29. The number of hydrogen-bond acceptors (Lipinski definition) is 8. The minimum atomic E-state index is -2.99. The average molecular weight is 438 g/mol. The van der Waals surface area contributed by atoms with Crippen molar-refractivity contribution >= 4 is 34.2 Å². The molecule has 2 aromatic heterocycles. The van der Waals surface area contributed by atoms with E-state index in [-0.39, 0.29) is 12.0 Å². The molecule has 2 aliphatic heterocycles. The van der Waals surface area contributed by atoms with E-state index in [0.717, 1.165) is 22.1 Å². The lowest BCUT2D eigenvalue weighted by atomic mass is 9.81. The maximum Gasteiger partial charge on any atom is 0.273 e. The summed E-state index contributed by atoms with van der Waals surface area (Å²) >= 11 is 1.35. The first-order valence-corrected chi connectivity index (χ1v) is 10.6. The van der Waals surface area contributed by atoms with Crippen LogP contribution in [0.5, 0.6) is 0 Å². The van der Waals surface area contributed by atoms with Crippen LogP contribution in [-0.2, 0) is 4.79 Å². The Morgan fingerprint density at radius 3 is 2.80 bits per heavy atom. The molecule has 2 fully saturated rings. The number of amides is 1. The molecule has 162 valence electrons. The Labute approximate surface area is 177 Å². The Morgan fingerprint density at radius 1 is 1.40 bits per heavy atom. The second-order valence-electron chi connectivity index (χ2n) is 8.49. The highest BCUT2D eigenvalue weighted by Gasteiger charge is 2.49. The molecule has 1 unspecified atom stereocenters. The van der Waals surface area contributed by atoms with Gasteiger partial charge in [0, 0.05) is 43.4 Å². The van der Waals surface area contributed by atoms with Gasteiger partial charge in [-0.3, -0.25) is 4.79 Å². The molecular weight excluding hydrogens is 412 g/mol. The van der Waals surface area contributed by atoms with Crippen molar-refractivity contribution in [1.29, 1.82) is 0 Å². The van der Waals surface area contributed by atoms with Crippen LogP contribution in [0.25, 0.3) is 0 Å². The first-order valence-electron chi connectivity index (χ1n) is 9.80. The fraction of sp³-hybridized carbons (Fsp3) is 0.579. The Hall–Kier alpha value is -2.40. The third kappa shape index (κ3) is 4.22. The van der Waals surface area contributed by atoms with E-state index in [1.54, 1.807) is 6.20 Å². The predicted molar refractivity (Wildman–Crippen MR) is 112 cm³/mol. The van der Waals surface area contributed by atoms with Gasteiger partial charge in [-0.05, 0) is 31.4 Å². The molecule has 11 heteroatoms. The molecular formula is C19H25F2N7OS. The molecule has 0 aromatic carbocycles. The fourth-order valence-electron chi connectivity index (χ4n) is 3.85. The summed E-state index contributed by atoms with van der Waals surface area (Å²) in [4.78, 5) is 23.3. The molecule has 1 amide bonds. The Kier molecular flexibility index (Phi) is 5.35. The van der Waals surface area contributed by atoms with Gasteiger partial charge >= 0.3 is 0 Å². The maximum atomic E-state index is 13.7. The summed E-state index contributed by atoms with van der Waals surface area (Å²) in [6.07, 6.45) is 1.77. The highest BCUT2D eigenvalue weighted by molar-refractivity contribution is 7.10. The zero-order valence-corrected chi connectivity index (χ0v) is 17.9. The first kappa shape index (κ1) is 20.9. The van der Waals surface area contributed by atoms with Gasteiger partial charge in [0.1, 0.15) is 16.7 Å². The van der Waals surface area contributed by atoms with Gasteiger partial charge < -0.3 is 20.9 Å². The minimum absolute atomic E-state index is 0.0108. The lowest BCUT2D eigenvalue weighted by Crippen LogP contribution is -2.60. The molecule has 0 aliphatic carbocycles. The molecule has 30 heavy (non-hydrogen) atoms. The van der Waals surface area contributed by atoms with E-state index < -0.39 is 24.3 Å². The van der Waals surface area contributed by atoms with Crippen LogP contribution in [-0.4, -0.2) is 58.9 Å². The van der Waals surface area contributed by atoms with Crippen molar-refractivity contribution in [3.05, 3.63) is 23.5 Å². The number of aryl methyl sites for hydroxylation is 2. The summed E-state index contributed by atoms with van der Waals surface area (Å²) in [5.41, 5.74) is 1.68. The van der Waals surface area contributed by atoms with E-state index in [1.807, 2.05) is 26.8 Å². The number of rotatable bonds is 6. The first-order chi connectivity index (χ1) is 14.2. The number of alkyl halides is 2. The van der Waals surface area contributed by atoms with Gasteiger partial charge in [-0.25, -0.2) is 13.8 Å². The lowest BCUT2D eigenvalue weighted by Gasteiger charge is -2.49. The molecule has 0 spiro atoms. The lowest BCUT2D eigenvalue weighted by molar-refractivity contribution is -0.134. The number of aromatic nitrogens is 3. The van der Waals surface area contributed by atoms with Crippen LogP contribution >= 0.6 is 11.5 Å². The molecule has 0 radical (unpaired) electrons. The third-order valence-electron chi connectivity index (χ3n) is 5.48. The van der Waals surface area contributed by atoms with E-state index >= 15 is 0 Å². The molecule has 2 aliphatic rings. The van der Waals surface area contributed by atoms with Gasteiger partial charge in [0.15, 0.2) is 0 Å². The number of nitrogens with zero attached hydrogens (tertiary/aromatic N) is 4. The number of nitrogens with one attached hydrogen (secondary N) is 3. The van der Waals surface area contributed by atoms with Crippen LogP contribution in [0.4, 0.5) is 25.5 Å². The van der Waals surface area contributed by atoms with E-state index in [0.29, 0.717) is 25.6 Å². The SMILES string of the molecule is Cc1cc(Nc2ncc(C)c(N3CC(C)(CNC(=O)C4CNCC4(F)F)C3)n2)sn1. The number of carbonyl (C=O) groups excluding carboxylic acids is 1. The summed E-state index contributed by atoms with van der Waals surface area (Å²) in [7, 11) is 0. The summed E-state index contributed by atoms with van der Waals surface area (Å²) in [6.45, 7) is 7.16. The molecule has 2 aromatic rings. The summed E-state index contributed by atoms with van der Waals surface area (Å²) in [5, 5.41) is 9.34. The smallest absolute Gasteiger partial charge is 0.273 e. The zero-order chi connectivity index (χ0) is 21.5. The van der Waals surface area contributed by atoms with Crippen LogP contribution in [0.15, 0.2) is 12.3 Å². The summed E-state index contributed by atoms with van der Waals surface area (Å²) < 4.78 is 31.7. The van der Waals surface area contributed by atoms with Crippen LogP contribution in [0.3, 0.4) is 0 Å². The number of halogens is 2. The van der Waals surface area contributed by atoms with Crippen molar-refractivity contribution in [2.75, 3.05) is 42.9 Å². The minimum Gasteiger partial charge on any atom is -0.355 e. The second kappa shape index (κ2) is 7.69. The highest BCUT2D eigenvalue weighted by atomic mass is 32.1. The van der Waals surface area contributed by atoms with Crippen molar-refractivity contribution in [3.8, 4) is 0 Å². The number of carbonyl (C=O) groups is 1. The van der Waals surface area contributed by atoms with Crippen LogP contribution in [0.2, 0.25) is 0 Å². The number of hydrogen-bond donors (Lipinski definition) is 3. The molecule has 0 saturated carbocycles. The van der Waals surface area contributed by atoms with Crippen molar-refractivity contribution in [3.63, 3.8) is 0 Å². The summed E-state index contributed by atoms with van der Waals surface area (Å²) in [5.74, 6) is -3.56. The molecule has 3 N–H and O–H groups in total. The van der Waals surface area contributed by atoms with E-state index in [2.05, 4.69) is 35.2 Å². The standard InChI is InChI=1S/C19H25F2N7OS/c1-11-5-23-17(25-14-4-12(2)27-30-14)26-15(11)28-9-18(3,10-28)7-24-16(29)13-6-22-8-19(13,20)21/h4-5,13,22H,6-10H2,1-3H3,(H,24,29)(H,23,25,26). The molecule has 1 atom stereocenters. The van der Waals surface area contributed by atoms with Crippen molar-refractivity contribution in [2.45, 2.75) is 26.7 Å². The molecule has 4 heterocycles.